The van der Waals surface area contributed by atoms with E-state index in [-0.39, 0.29) is 0 Å². The fourth-order valence-electron chi connectivity index (χ4n) is 3.45. The van der Waals surface area contributed by atoms with Crippen LogP contribution in [0.15, 0.2) is 52.6 Å². The van der Waals surface area contributed by atoms with Gasteiger partial charge in [0.05, 0.1) is 23.7 Å². The van der Waals surface area contributed by atoms with Gasteiger partial charge in [-0.3, -0.25) is 9.88 Å². The van der Waals surface area contributed by atoms with E-state index in [4.69, 9.17) is 9.40 Å². The zero-order valence-electron chi connectivity index (χ0n) is 14.8. The Bertz CT molecular complexity index is 781. The zero-order valence-corrected chi connectivity index (χ0v) is 15.6. The van der Waals surface area contributed by atoms with E-state index in [0.29, 0.717) is 6.04 Å². The first-order chi connectivity index (χ1) is 12.9. The first-order valence-corrected chi connectivity index (χ1v) is 10.1. The summed E-state index contributed by atoms with van der Waals surface area (Å²) < 4.78 is 5.71. The molecular weight excluding hydrogens is 344 g/mol. The number of thiazole rings is 1. The number of aromatic nitrogens is 2. The molecule has 0 spiro atoms. The van der Waals surface area contributed by atoms with Gasteiger partial charge in [0.15, 0.2) is 0 Å². The van der Waals surface area contributed by atoms with Gasteiger partial charge in [0.25, 0.3) is 0 Å². The molecule has 136 valence electrons. The van der Waals surface area contributed by atoms with E-state index in [9.17, 15) is 0 Å². The lowest BCUT2D eigenvalue weighted by atomic mass is 10.1. The lowest BCUT2D eigenvalue weighted by molar-refractivity contribution is 0.142. The van der Waals surface area contributed by atoms with Crippen molar-refractivity contribution in [1.82, 2.24) is 20.2 Å². The minimum absolute atomic E-state index is 0.291. The van der Waals surface area contributed by atoms with Crippen molar-refractivity contribution < 1.29 is 4.42 Å². The number of piperidine rings is 1. The summed E-state index contributed by atoms with van der Waals surface area (Å²) in [4.78, 5) is 11.6. The number of furan rings is 1. The average molecular weight is 369 g/mol. The van der Waals surface area contributed by atoms with Crippen molar-refractivity contribution in [2.45, 2.75) is 31.8 Å². The highest BCUT2D eigenvalue weighted by Gasteiger charge is 2.24. The van der Waals surface area contributed by atoms with Crippen LogP contribution in [0.4, 0.5) is 0 Å². The van der Waals surface area contributed by atoms with Crippen molar-refractivity contribution >= 4 is 11.3 Å². The Labute approximate surface area is 158 Å². The molecule has 1 saturated heterocycles. The van der Waals surface area contributed by atoms with Gasteiger partial charge in [-0.05, 0) is 50.2 Å². The number of nitrogens with zero attached hydrogens (tertiary/aromatic N) is 3. The van der Waals surface area contributed by atoms with Crippen LogP contribution >= 0.6 is 11.3 Å². The molecule has 1 unspecified atom stereocenters. The number of hydrogen-bond acceptors (Lipinski definition) is 6. The van der Waals surface area contributed by atoms with Crippen molar-refractivity contribution in [3.05, 3.63) is 59.6 Å². The normalized spacial score (nSPS) is 16.6. The van der Waals surface area contributed by atoms with Crippen molar-refractivity contribution in [3.8, 4) is 10.7 Å². The van der Waals surface area contributed by atoms with Gasteiger partial charge < -0.3 is 9.73 Å². The molecule has 6 heteroatoms. The molecule has 0 aliphatic carbocycles. The summed E-state index contributed by atoms with van der Waals surface area (Å²) in [5.41, 5.74) is 2.00. The fourth-order valence-corrected chi connectivity index (χ4v) is 4.25. The third-order valence-corrected chi connectivity index (χ3v) is 5.70. The van der Waals surface area contributed by atoms with E-state index in [1.54, 1.807) is 23.8 Å². The van der Waals surface area contributed by atoms with E-state index >= 15 is 0 Å². The summed E-state index contributed by atoms with van der Waals surface area (Å²) in [6.07, 6.45) is 7.46. The van der Waals surface area contributed by atoms with Crippen LogP contribution in [-0.4, -0.2) is 34.5 Å². The van der Waals surface area contributed by atoms with Crippen LogP contribution < -0.4 is 5.32 Å². The second-order valence-electron chi connectivity index (χ2n) is 6.62. The molecule has 1 N–H and O–H groups in total. The van der Waals surface area contributed by atoms with Crippen LogP contribution in [0, 0.1) is 0 Å². The van der Waals surface area contributed by atoms with Crippen molar-refractivity contribution in [3.63, 3.8) is 0 Å². The van der Waals surface area contributed by atoms with Crippen molar-refractivity contribution in [1.29, 1.82) is 0 Å². The molecule has 1 aliphatic rings. The van der Waals surface area contributed by atoms with E-state index in [1.807, 2.05) is 24.3 Å². The Morgan fingerprint density at radius 1 is 1.15 bits per heavy atom. The predicted molar refractivity (Wildman–Crippen MR) is 104 cm³/mol. The minimum Gasteiger partial charge on any atom is -0.468 e. The van der Waals surface area contributed by atoms with Crippen molar-refractivity contribution in [2.75, 3.05) is 19.6 Å². The molecule has 0 radical (unpaired) electrons. The van der Waals surface area contributed by atoms with Crippen LogP contribution in [0.1, 0.15) is 36.8 Å². The molecule has 3 aromatic rings. The van der Waals surface area contributed by atoms with E-state index in [0.717, 1.165) is 48.3 Å². The third-order valence-electron chi connectivity index (χ3n) is 4.78. The maximum atomic E-state index is 5.71. The number of likely N-dealkylation sites (tertiary alicyclic amines) is 1. The summed E-state index contributed by atoms with van der Waals surface area (Å²) >= 11 is 1.64. The van der Waals surface area contributed by atoms with Gasteiger partial charge in [0.1, 0.15) is 10.8 Å². The summed E-state index contributed by atoms with van der Waals surface area (Å²) in [5, 5.41) is 6.66. The first-order valence-electron chi connectivity index (χ1n) is 9.24. The van der Waals surface area contributed by atoms with Crippen molar-refractivity contribution in [2.24, 2.45) is 0 Å². The van der Waals surface area contributed by atoms with Gasteiger partial charge in [-0.2, -0.15) is 0 Å². The number of hydrogen-bond donors (Lipinski definition) is 1. The van der Waals surface area contributed by atoms with Gasteiger partial charge in [0.2, 0.25) is 0 Å². The molecular formula is C20H24N4OS. The smallest absolute Gasteiger partial charge is 0.142 e. The highest BCUT2D eigenvalue weighted by atomic mass is 32.1. The molecule has 5 nitrogen and oxygen atoms in total. The Balaban J connectivity index is 1.37. The highest BCUT2D eigenvalue weighted by Crippen LogP contribution is 2.25. The van der Waals surface area contributed by atoms with Crippen LogP contribution in [0.2, 0.25) is 0 Å². The second-order valence-corrected chi connectivity index (χ2v) is 7.48. The Kier molecular flexibility index (Phi) is 5.74. The first kappa shape index (κ1) is 17.4. The summed E-state index contributed by atoms with van der Waals surface area (Å²) in [5.74, 6) is 1.05. The lowest BCUT2D eigenvalue weighted by Crippen LogP contribution is -2.38. The summed E-state index contributed by atoms with van der Waals surface area (Å²) in [7, 11) is 0. The number of rotatable bonds is 7. The Morgan fingerprint density at radius 2 is 2.08 bits per heavy atom. The third kappa shape index (κ3) is 4.20. The van der Waals surface area contributed by atoms with Crippen LogP contribution in [0.25, 0.3) is 10.7 Å². The fraction of sp³-hybridized carbons (Fsp3) is 0.400. The summed E-state index contributed by atoms with van der Waals surface area (Å²) in [6.45, 7) is 3.92. The molecule has 4 heterocycles. The monoisotopic (exact) mass is 368 g/mol. The highest BCUT2D eigenvalue weighted by molar-refractivity contribution is 7.13. The standard InChI is InChI=1S/C20H24N4OS/c1-4-10-24(11-5-1)18(19-8-6-12-25-19)14-21-13-16-15-26-20(23-16)17-7-2-3-9-22-17/h2-3,6-9,12,15,18,21H,1,4-5,10-11,13-14H2. The van der Waals surface area contributed by atoms with E-state index < -0.39 is 0 Å². The maximum Gasteiger partial charge on any atom is 0.142 e. The van der Waals surface area contributed by atoms with Gasteiger partial charge in [-0.1, -0.05) is 12.5 Å². The Hall–Kier alpha value is -2.02. The minimum atomic E-state index is 0.291. The number of nitrogens with one attached hydrogen (secondary N) is 1. The average Bonchev–Trinajstić information content (AvgIpc) is 3.39. The molecule has 1 aliphatic heterocycles. The predicted octanol–water partition coefficient (Wildman–Crippen LogP) is 4.11. The molecule has 1 atom stereocenters. The van der Waals surface area contributed by atoms with Crippen LogP contribution in [0.3, 0.4) is 0 Å². The van der Waals surface area contributed by atoms with Crippen LogP contribution in [-0.2, 0) is 6.54 Å². The molecule has 26 heavy (non-hydrogen) atoms. The van der Waals surface area contributed by atoms with Crippen LogP contribution in [0.5, 0.6) is 0 Å². The van der Waals surface area contributed by atoms with Gasteiger partial charge in [-0.15, -0.1) is 11.3 Å². The zero-order chi connectivity index (χ0) is 17.6. The van der Waals surface area contributed by atoms with Gasteiger partial charge >= 0.3 is 0 Å². The largest absolute Gasteiger partial charge is 0.468 e. The summed E-state index contributed by atoms with van der Waals surface area (Å²) in [6, 6.07) is 10.3. The maximum absolute atomic E-state index is 5.71. The molecule has 0 bridgehead atoms. The molecule has 1 fully saturated rings. The van der Waals surface area contributed by atoms with E-state index in [2.05, 4.69) is 26.6 Å². The van der Waals surface area contributed by atoms with Gasteiger partial charge in [-0.25, -0.2) is 4.98 Å². The van der Waals surface area contributed by atoms with E-state index in [1.165, 1.54) is 19.3 Å². The quantitative estimate of drug-likeness (QED) is 0.680. The lowest BCUT2D eigenvalue weighted by Gasteiger charge is -2.33. The SMILES string of the molecule is c1ccc(-c2nc(CNCC(c3ccco3)N3CCCCC3)cs2)nc1. The van der Waals surface area contributed by atoms with Gasteiger partial charge in [0, 0.05) is 24.7 Å². The molecule has 0 saturated carbocycles. The number of pyridine rings is 1. The Morgan fingerprint density at radius 3 is 2.85 bits per heavy atom. The molecule has 0 amide bonds. The topological polar surface area (TPSA) is 54.2 Å². The molecule has 0 aromatic carbocycles. The molecule has 3 aromatic heterocycles. The second kappa shape index (κ2) is 8.58. The molecule has 4 rings (SSSR count).